The second-order valence-electron chi connectivity index (χ2n) is 5.37. The Morgan fingerprint density at radius 3 is 2.95 bits per heavy atom. The lowest BCUT2D eigenvalue weighted by Gasteiger charge is -2.28. The van der Waals surface area contributed by atoms with Gasteiger partial charge in [-0.25, -0.2) is 4.98 Å². The van der Waals surface area contributed by atoms with Crippen molar-refractivity contribution in [1.82, 2.24) is 4.98 Å². The molecular formula is C15H20N2OS. The molecule has 1 saturated heterocycles. The minimum absolute atomic E-state index is 0.463. The molecule has 1 unspecified atom stereocenters. The van der Waals surface area contributed by atoms with Gasteiger partial charge >= 0.3 is 0 Å². The molecule has 1 aromatic heterocycles. The van der Waals surface area contributed by atoms with Gasteiger partial charge in [-0.05, 0) is 50.3 Å². The van der Waals surface area contributed by atoms with Crippen molar-refractivity contribution in [3.8, 4) is 0 Å². The van der Waals surface area contributed by atoms with Crippen molar-refractivity contribution in [2.75, 3.05) is 18.5 Å². The molecule has 0 amide bonds. The maximum Gasteiger partial charge on any atom is 0.184 e. The van der Waals surface area contributed by atoms with Crippen molar-refractivity contribution < 1.29 is 4.74 Å². The van der Waals surface area contributed by atoms with Crippen LogP contribution in [0.3, 0.4) is 0 Å². The SMILES string of the molecule is Cc1ccc2nc(NC(C)C3CCOCC3)sc2c1. The summed E-state index contributed by atoms with van der Waals surface area (Å²) in [5, 5.41) is 4.61. The molecule has 2 aromatic rings. The molecule has 1 atom stereocenters. The van der Waals surface area contributed by atoms with E-state index in [0.717, 1.165) is 36.7 Å². The lowest BCUT2D eigenvalue weighted by Crippen LogP contribution is -2.30. The largest absolute Gasteiger partial charge is 0.381 e. The van der Waals surface area contributed by atoms with E-state index in [1.54, 1.807) is 11.3 Å². The average Bonchev–Trinajstić information content (AvgIpc) is 2.81. The normalized spacial score (nSPS) is 18.6. The lowest BCUT2D eigenvalue weighted by molar-refractivity contribution is 0.0622. The number of aryl methyl sites for hydroxylation is 1. The molecule has 4 heteroatoms. The molecule has 0 bridgehead atoms. The lowest BCUT2D eigenvalue weighted by atomic mass is 9.93. The highest BCUT2D eigenvalue weighted by Crippen LogP contribution is 2.29. The van der Waals surface area contributed by atoms with Crippen LogP contribution in [0, 0.1) is 12.8 Å². The minimum Gasteiger partial charge on any atom is -0.381 e. The third-order valence-corrected chi connectivity index (χ3v) is 4.82. The Hall–Kier alpha value is -1.13. The third kappa shape index (κ3) is 2.90. The molecule has 0 radical (unpaired) electrons. The Morgan fingerprint density at radius 2 is 2.16 bits per heavy atom. The molecular weight excluding hydrogens is 256 g/mol. The third-order valence-electron chi connectivity index (χ3n) is 3.87. The van der Waals surface area contributed by atoms with Gasteiger partial charge in [-0.2, -0.15) is 0 Å². The van der Waals surface area contributed by atoms with Crippen LogP contribution < -0.4 is 5.32 Å². The molecule has 1 aliphatic rings. The molecule has 2 heterocycles. The summed E-state index contributed by atoms with van der Waals surface area (Å²) in [6, 6.07) is 6.89. The molecule has 1 aromatic carbocycles. The number of aromatic nitrogens is 1. The number of benzene rings is 1. The summed E-state index contributed by atoms with van der Waals surface area (Å²) >= 11 is 1.75. The van der Waals surface area contributed by atoms with Gasteiger partial charge in [-0.1, -0.05) is 17.4 Å². The van der Waals surface area contributed by atoms with Crippen molar-refractivity contribution in [2.45, 2.75) is 32.7 Å². The van der Waals surface area contributed by atoms with Crippen LogP contribution in [0.15, 0.2) is 18.2 Å². The van der Waals surface area contributed by atoms with E-state index in [2.05, 4.69) is 42.3 Å². The monoisotopic (exact) mass is 276 g/mol. The summed E-state index contributed by atoms with van der Waals surface area (Å²) in [5.41, 5.74) is 2.39. The summed E-state index contributed by atoms with van der Waals surface area (Å²) in [7, 11) is 0. The second-order valence-corrected chi connectivity index (χ2v) is 6.40. The summed E-state index contributed by atoms with van der Waals surface area (Å²) in [6.07, 6.45) is 2.30. The van der Waals surface area contributed by atoms with Gasteiger partial charge in [0.2, 0.25) is 0 Å². The zero-order chi connectivity index (χ0) is 13.2. The first-order chi connectivity index (χ1) is 9.22. The van der Waals surface area contributed by atoms with Crippen LogP contribution in [0.4, 0.5) is 5.13 Å². The van der Waals surface area contributed by atoms with Crippen molar-refractivity contribution in [1.29, 1.82) is 0 Å². The first kappa shape index (κ1) is 12.9. The number of hydrogen-bond acceptors (Lipinski definition) is 4. The Balaban J connectivity index is 1.73. The van der Waals surface area contributed by atoms with E-state index in [1.165, 1.54) is 10.3 Å². The number of ether oxygens (including phenoxy) is 1. The van der Waals surface area contributed by atoms with E-state index in [9.17, 15) is 0 Å². The molecule has 1 fully saturated rings. The summed E-state index contributed by atoms with van der Waals surface area (Å²) in [6.45, 7) is 6.18. The van der Waals surface area contributed by atoms with Crippen LogP contribution in [0.2, 0.25) is 0 Å². The van der Waals surface area contributed by atoms with Crippen LogP contribution in [0.25, 0.3) is 10.2 Å². The van der Waals surface area contributed by atoms with E-state index >= 15 is 0 Å². The molecule has 0 saturated carbocycles. The van der Waals surface area contributed by atoms with E-state index < -0.39 is 0 Å². The highest BCUT2D eigenvalue weighted by atomic mass is 32.1. The van der Waals surface area contributed by atoms with Gasteiger partial charge < -0.3 is 10.1 Å². The maximum atomic E-state index is 5.42. The Labute approximate surface area is 118 Å². The molecule has 1 aliphatic heterocycles. The fourth-order valence-electron chi connectivity index (χ4n) is 2.62. The maximum absolute atomic E-state index is 5.42. The van der Waals surface area contributed by atoms with Crippen LogP contribution in [-0.2, 0) is 4.74 Å². The molecule has 0 spiro atoms. The van der Waals surface area contributed by atoms with Crippen molar-refractivity contribution in [3.05, 3.63) is 23.8 Å². The molecule has 19 heavy (non-hydrogen) atoms. The van der Waals surface area contributed by atoms with Crippen molar-refractivity contribution >= 4 is 26.7 Å². The summed E-state index contributed by atoms with van der Waals surface area (Å²) in [5.74, 6) is 0.697. The smallest absolute Gasteiger partial charge is 0.184 e. The number of hydrogen-bond donors (Lipinski definition) is 1. The van der Waals surface area contributed by atoms with Crippen LogP contribution in [0.1, 0.15) is 25.3 Å². The first-order valence-corrected chi connectivity index (χ1v) is 7.75. The fraction of sp³-hybridized carbons (Fsp3) is 0.533. The first-order valence-electron chi connectivity index (χ1n) is 6.94. The molecule has 3 rings (SSSR count). The highest BCUT2D eigenvalue weighted by Gasteiger charge is 2.21. The summed E-state index contributed by atoms with van der Waals surface area (Å²) in [4.78, 5) is 4.66. The van der Waals surface area contributed by atoms with E-state index in [1.807, 2.05) is 0 Å². The van der Waals surface area contributed by atoms with Crippen molar-refractivity contribution in [2.24, 2.45) is 5.92 Å². The van der Waals surface area contributed by atoms with Gasteiger partial charge in [-0.3, -0.25) is 0 Å². The fourth-order valence-corrected chi connectivity index (χ4v) is 3.68. The van der Waals surface area contributed by atoms with E-state index in [0.29, 0.717) is 12.0 Å². The molecule has 102 valence electrons. The van der Waals surface area contributed by atoms with Gasteiger partial charge in [0.25, 0.3) is 0 Å². The number of thiazole rings is 1. The van der Waals surface area contributed by atoms with Crippen molar-refractivity contribution in [3.63, 3.8) is 0 Å². The number of rotatable bonds is 3. The molecule has 0 aliphatic carbocycles. The van der Waals surface area contributed by atoms with Gasteiger partial charge in [0.1, 0.15) is 0 Å². The zero-order valence-corrected chi connectivity index (χ0v) is 12.3. The standard InChI is InChI=1S/C15H20N2OS/c1-10-3-4-13-14(9-10)19-15(17-13)16-11(2)12-5-7-18-8-6-12/h3-4,9,11-12H,5-8H2,1-2H3,(H,16,17). The van der Waals surface area contributed by atoms with E-state index in [4.69, 9.17) is 4.74 Å². The topological polar surface area (TPSA) is 34.2 Å². The van der Waals surface area contributed by atoms with Gasteiger partial charge in [0.05, 0.1) is 10.2 Å². The Morgan fingerprint density at radius 1 is 1.37 bits per heavy atom. The van der Waals surface area contributed by atoms with Gasteiger partial charge in [0, 0.05) is 19.3 Å². The zero-order valence-electron chi connectivity index (χ0n) is 11.5. The molecule has 1 N–H and O–H groups in total. The van der Waals surface area contributed by atoms with E-state index in [-0.39, 0.29) is 0 Å². The van der Waals surface area contributed by atoms with Crippen LogP contribution in [0.5, 0.6) is 0 Å². The van der Waals surface area contributed by atoms with Crippen LogP contribution in [-0.4, -0.2) is 24.2 Å². The number of nitrogens with zero attached hydrogens (tertiary/aromatic N) is 1. The summed E-state index contributed by atoms with van der Waals surface area (Å²) < 4.78 is 6.69. The average molecular weight is 276 g/mol. The molecule has 3 nitrogen and oxygen atoms in total. The number of nitrogens with one attached hydrogen (secondary N) is 1. The second kappa shape index (κ2) is 5.47. The predicted octanol–water partition coefficient (Wildman–Crippen LogP) is 3.83. The predicted molar refractivity (Wildman–Crippen MR) is 81.0 cm³/mol. The van der Waals surface area contributed by atoms with Gasteiger partial charge in [0.15, 0.2) is 5.13 Å². The number of anilines is 1. The Kier molecular flexibility index (Phi) is 3.71. The Bertz CT molecular complexity index is 560. The number of fused-ring (bicyclic) bond motifs is 1. The van der Waals surface area contributed by atoms with Crippen LogP contribution >= 0.6 is 11.3 Å². The quantitative estimate of drug-likeness (QED) is 0.925. The minimum atomic E-state index is 0.463. The highest BCUT2D eigenvalue weighted by molar-refractivity contribution is 7.22. The van der Waals surface area contributed by atoms with Gasteiger partial charge in [-0.15, -0.1) is 0 Å².